The maximum Gasteiger partial charge on any atom is 0.291 e. The van der Waals surface area contributed by atoms with Crippen molar-refractivity contribution in [1.29, 1.82) is 0 Å². The van der Waals surface area contributed by atoms with Gasteiger partial charge in [0.05, 0.1) is 12.7 Å². The molecule has 72 valence electrons. The Kier molecular flexibility index (Phi) is 2.52. The number of aromatic nitrogens is 2. The SMILES string of the molecule is Cn1cc(N(N)CC=O)c(=O)n1C. The lowest BCUT2D eigenvalue weighted by molar-refractivity contribution is -0.106. The second-order valence-electron chi connectivity index (χ2n) is 2.74. The summed E-state index contributed by atoms with van der Waals surface area (Å²) in [7, 11) is 3.35. The lowest BCUT2D eigenvalue weighted by atomic mass is 10.5. The number of rotatable bonds is 3. The molecule has 0 aliphatic rings. The highest BCUT2D eigenvalue weighted by Crippen LogP contribution is 2.01. The molecule has 13 heavy (non-hydrogen) atoms. The Morgan fingerprint density at radius 1 is 1.62 bits per heavy atom. The Labute approximate surface area is 75.1 Å². The maximum absolute atomic E-state index is 11.4. The molecule has 6 heteroatoms. The summed E-state index contributed by atoms with van der Waals surface area (Å²) in [6.07, 6.45) is 2.22. The van der Waals surface area contributed by atoms with E-state index < -0.39 is 0 Å². The van der Waals surface area contributed by atoms with Crippen LogP contribution in [0.2, 0.25) is 0 Å². The van der Waals surface area contributed by atoms with Crippen LogP contribution in [0, 0.1) is 0 Å². The molecule has 0 aromatic carbocycles. The van der Waals surface area contributed by atoms with E-state index in [1.165, 1.54) is 4.68 Å². The van der Waals surface area contributed by atoms with Gasteiger partial charge in [0.2, 0.25) is 0 Å². The Bertz CT molecular complexity index is 365. The third kappa shape index (κ3) is 1.62. The molecule has 1 aromatic rings. The highest BCUT2D eigenvalue weighted by molar-refractivity contribution is 5.59. The summed E-state index contributed by atoms with van der Waals surface area (Å²) in [5, 5.41) is 1.12. The minimum Gasteiger partial charge on any atom is -0.301 e. The molecule has 0 atom stereocenters. The van der Waals surface area contributed by atoms with Gasteiger partial charge in [0.1, 0.15) is 12.0 Å². The van der Waals surface area contributed by atoms with Crippen LogP contribution in [0.25, 0.3) is 0 Å². The molecule has 1 rings (SSSR count). The van der Waals surface area contributed by atoms with E-state index in [1.54, 1.807) is 25.0 Å². The first-order valence-corrected chi connectivity index (χ1v) is 3.76. The minimum absolute atomic E-state index is 0.0131. The zero-order valence-corrected chi connectivity index (χ0v) is 7.60. The molecule has 1 aromatic heterocycles. The highest BCUT2D eigenvalue weighted by atomic mass is 16.1. The van der Waals surface area contributed by atoms with Crippen molar-refractivity contribution in [3.8, 4) is 0 Å². The van der Waals surface area contributed by atoms with Crippen LogP contribution in [0.1, 0.15) is 0 Å². The number of nitrogens with two attached hydrogens (primary N) is 1. The lowest BCUT2D eigenvalue weighted by Crippen LogP contribution is -2.36. The molecular weight excluding hydrogens is 172 g/mol. The molecule has 0 amide bonds. The second-order valence-corrected chi connectivity index (χ2v) is 2.74. The molecular formula is C7H12N4O2. The van der Waals surface area contributed by atoms with Gasteiger partial charge in [-0.1, -0.05) is 0 Å². The van der Waals surface area contributed by atoms with Crippen molar-refractivity contribution in [2.75, 3.05) is 11.6 Å². The Hall–Kier alpha value is -1.56. The number of hydrazine groups is 1. The molecule has 1 heterocycles. The number of anilines is 1. The minimum atomic E-state index is -0.216. The number of hydrogen-bond donors (Lipinski definition) is 1. The van der Waals surface area contributed by atoms with Crippen LogP contribution in [0.15, 0.2) is 11.0 Å². The number of aryl methyl sites for hydroxylation is 1. The number of hydrogen-bond acceptors (Lipinski definition) is 4. The third-order valence-corrected chi connectivity index (χ3v) is 1.88. The van der Waals surface area contributed by atoms with Crippen molar-refractivity contribution < 1.29 is 4.79 Å². The number of aldehydes is 1. The van der Waals surface area contributed by atoms with Gasteiger partial charge >= 0.3 is 0 Å². The van der Waals surface area contributed by atoms with Gasteiger partial charge in [-0.15, -0.1) is 0 Å². The summed E-state index contributed by atoms with van der Waals surface area (Å²) in [6, 6.07) is 0. The predicted octanol–water partition coefficient (Wildman–Crippen LogP) is -1.40. The number of carbonyl (C=O) groups excluding carboxylic acids is 1. The lowest BCUT2D eigenvalue weighted by Gasteiger charge is -2.10. The Balaban J connectivity index is 3.08. The smallest absolute Gasteiger partial charge is 0.291 e. The molecule has 0 saturated carbocycles. The molecule has 0 saturated heterocycles. The van der Waals surface area contributed by atoms with E-state index in [1.807, 2.05) is 0 Å². The van der Waals surface area contributed by atoms with Crippen molar-refractivity contribution in [3.05, 3.63) is 16.6 Å². The molecule has 6 nitrogen and oxygen atoms in total. The average molecular weight is 184 g/mol. The fraction of sp³-hybridized carbons (Fsp3) is 0.429. The summed E-state index contributed by atoms with van der Waals surface area (Å²) in [5.41, 5.74) is 0.101. The molecule has 0 unspecified atom stereocenters. The van der Waals surface area contributed by atoms with Gasteiger partial charge in [-0.3, -0.25) is 19.2 Å². The van der Waals surface area contributed by atoms with Gasteiger partial charge in [-0.2, -0.15) is 0 Å². The van der Waals surface area contributed by atoms with Gasteiger partial charge < -0.3 is 4.79 Å². The van der Waals surface area contributed by atoms with Crippen LogP contribution in [0.5, 0.6) is 0 Å². The first kappa shape index (κ1) is 9.53. The summed E-state index contributed by atoms with van der Waals surface area (Å²) in [4.78, 5) is 21.6. The van der Waals surface area contributed by atoms with E-state index in [-0.39, 0.29) is 12.1 Å². The van der Waals surface area contributed by atoms with Gasteiger partial charge in [0, 0.05) is 14.1 Å². The van der Waals surface area contributed by atoms with Crippen molar-refractivity contribution in [2.45, 2.75) is 0 Å². The normalized spacial score (nSPS) is 10.1. The van der Waals surface area contributed by atoms with E-state index >= 15 is 0 Å². The van der Waals surface area contributed by atoms with E-state index in [4.69, 9.17) is 5.84 Å². The molecule has 0 spiro atoms. The Morgan fingerprint density at radius 2 is 2.23 bits per heavy atom. The van der Waals surface area contributed by atoms with Crippen molar-refractivity contribution >= 4 is 12.0 Å². The molecule has 0 aliphatic carbocycles. The summed E-state index contributed by atoms with van der Waals surface area (Å²) < 4.78 is 3.00. The third-order valence-electron chi connectivity index (χ3n) is 1.88. The van der Waals surface area contributed by atoms with Crippen molar-refractivity contribution in [2.24, 2.45) is 19.9 Å². The standard InChI is InChI=1S/C7H12N4O2/c1-9-5-6(7(13)10(9)2)11(8)3-4-12/h4-5H,3,8H2,1-2H3. The summed E-state index contributed by atoms with van der Waals surface area (Å²) in [6.45, 7) is 0.0131. The largest absolute Gasteiger partial charge is 0.301 e. The van der Waals surface area contributed by atoms with E-state index in [2.05, 4.69) is 0 Å². The number of nitrogens with zero attached hydrogens (tertiary/aromatic N) is 3. The zero-order chi connectivity index (χ0) is 10.0. The topological polar surface area (TPSA) is 73.3 Å². The van der Waals surface area contributed by atoms with Crippen molar-refractivity contribution in [1.82, 2.24) is 9.36 Å². The van der Waals surface area contributed by atoms with Crippen LogP contribution in [0.3, 0.4) is 0 Å². The first-order chi connectivity index (χ1) is 6.07. The first-order valence-electron chi connectivity index (χ1n) is 3.76. The van der Waals surface area contributed by atoms with E-state index in [0.717, 1.165) is 5.01 Å². The molecule has 0 fully saturated rings. The molecule has 0 bridgehead atoms. The molecule has 0 radical (unpaired) electrons. The van der Waals surface area contributed by atoms with Crippen LogP contribution >= 0.6 is 0 Å². The Morgan fingerprint density at radius 3 is 2.62 bits per heavy atom. The van der Waals surface area contributed by atoms with Gasteiger partial charge in [-0.25, -0.2) is 5.84 Å². The van der Waals surface area contributed by atoms with Crippen LogP contribution in [-0.2, 0) is 18.9 Å². The van der Waals surface area contributed by atoms with Crippen molar-refractivity contribution in [3.63, 3.8) is 0 Å². The highest BCUT2D eigenvalue weighted by Gasteiger charge is 2.10. The second kappa shape index (κ2) is 3.44. The molecule has 0 aliphatic heterocycles. The number of carbonyl (C=O) groups is 1. The van der Waals surface area contributed by atoms with Gasteiger partial charge in [0.15, 0.2) is 0 Å². The fourth-order valence-corrected chi connectivity index (χ4v) is 1.00. The summed E-state index contributed by atoms with van der Waals surface area (Å²) >= 11 is 0. The predicted molar refractivity (Wildman–Crippen MR) is 48.3 cm³/mol. The van der Waals surface area contributed by atoms with E-state index in [9.17, 15) is 9.59 Å². The fourth-order valence-electron chi connectivity index (χ4n) is 1.00. The average Bonchev–Trinajstić information content (AvgIpc) is 2.33. The summed E-state index contributed by atoms with van der Waals surface area (Å²) in [5.74, 6) is 5.46. The van der Waals surface area contributed by atoms with Gasteiger partial charge in [0.25, 0.3) is 5.56 Å². The van der Waals surface area contributed by atoms with Crippen LogP contribution < -0.4 is 16.4 Å². The van der Waals surface area contributed by atoms with Crippen LogP contribution in [0.4, 0.5) is 5.69 Å². The monoisotopic (exact) mass is 184 g/mol. The van der Waals surface area contributed by atoms with Gasteiger partial charge in [-0.05, 0) is 0 Å². The zero-order valence-electron chi connectivity index (χ0n) is 7.60. The molecule has 2 N–H and O–H groups in total. The van der Waals surface area contributed by atoms with E-state index in [0.29, 0.717) is 12.0 Å². The van der Waals surface area contributed by atoms with Crippen LogP contribution in [-0.4, -0.2) is 22.2 Å². The maximum atomic E-state index is 11.4. The quantitative estimate of drug-likeness (QED) is 0.356.